The number of nitrogens with one attached hydrogen (secondary N) is 2. The lowest BCUT2D eigenvalue weighted by molar-refractivity contribution is 0.0954. The molecular formula is C14H19N3O. The van der Waals surface area contributed by atoms with Crippen molar-refractivity contribution in [2.75, 3.05) is 12.3 Å². The molecule has 0 aliphatic heterocycles. The van der Waals surface area contributed by atoms with Crippen molar-refractivity contribution in [3.63, 3.8) is 0 Å². The van der Waals surface area contributed by atoms with Crippen LogP contribution < -0.4 is 11.1 Å². The topological polar surface area (TPSA) is 70.9 Å². The lowest BCUT2D eigenvalue weighted by Crippen LogP contribution is -2.24. The monoisotopic (exact) mass is 245 g/mol. The van der Waals surface area contributed by atoms with E-state index in [1.165, 1.54) is 0 Å². The Morgan fingerprint density at radius 2 is 2.22 bits per heavy atom. The number of aromatic amines is 1. The average molecular weight is 245 g/mol. The Bertz CT molecular complexity index is 545. The van der Waals surface area contributed by atoms with E-state index in [2.05, 4.69) is 17.2 Å². The van der Waals surface area contributed by atoms with Gasteiger partial charge in [0.2, 0.25) is 0 Å². The van der Waals surface area contributed by atoms with Gasteiger partial charge in [-0.2, -0.15) is 0 Å². The molecule has 0 aliphatic rings. The van der Waals surface area contributed by atoms with Crippen LogP contribution in [-0.4, -0.2) is 17.4 Å². The van der Waals surface area contributed by atoms with Crippen molar-refractivity contribution in [2.45, 2.75) is 26.2 Å². The number of amides is 1. The summed E-state index contributed by atoms with van der Waals surface area (Å²) in [5, 5.41) is 3.85. The lowest BCUT2D eigenvalue weighted by Gasteiger charge is -2.03. The van der Waals surface area contributed by atoms with Crippen molar-refractivity contribution in [1.29, 1.82) is 0 Å². The van der Waals surface area contributed by atoms with Crippen molar-refractivity contribution in [3.8, 4) is 0 Å². The highest BCUT2D eigenvalue weighted by Crippen LogP contribution is 2.20. The van der Waals surface area contributed by atoms with E-state index in [1.54, 1.807) is 6.20 Å². The number of hydrogen-bond donors (Lipinski definition) is 3. The molecule has 0 aliphatic carbocycles. The zero-order chi connectivity index (χ0) is 13.0. The molecule has 0 spiro atoms. The zero-order valence-electron chi connectivity index (χ0n) is 10.6. The molecule has 0 atom stereocenters. The predicted molar refractivity (Wildman–Crippen MR) is 74.6 cm³/mol. The van der Waals surface area contributed by atoms with Gasteiger partial charge in [0.15, 0.2) is 0 Å². The number of anilines is 1. The van der Waals surface area contributed by atoms with Gasteiger partial charge in [0.05, 0.1) is 5.56 Å². The minimum absolute atomic E-state index is 0.0258. The SMILES string of the molecule is CCCCCNC(=O)c1c[nH]c2cc(N)ccc12. The predicted octanol–water partition coefficient (Wildman–Crippen LogP) is 2.67. The number of nitrogen functional groups attached to an aromatic ring is 1. The molecule has 4 N–H and O–H groups in total. The van der Waals surface area contributed by atoms with Gasteiger partial charge in [-0.25, -0.2) is 0 Å². The average Bonchev–Trinajstić information content (AvgIpc) is 2.77. The van der Waals surface area contributed by atoms with Crippen LogP contribution in [0.25, 0.3) is 10.9 Å². The van der Waals surface area contributed by atoms with Crippen LogP contribution >= 0.6 is 0 Å². The summed E-state index contributed by atoms with van der Waals surface area (Å²) in [6.07, 6.45) is 5.06. The molecule has 96 valence electrons. The molecule has 1 heterocycles. The molecule has 0 fully saturated rings. The Kier molecular flexibility index (Phi) is 3.87. The normalized spacial score (nSPS) is 10.7. The summed E-state index contributed by atoms with van der Waals surface area (Å²) >= 11 is 0. The lowest BCUT2D eigenvalue weighted by atomic mass is 10.1. The standard InChI is InChI=1S/C14H19N3O/c1-2-3-4-7-16-14(18)12-9-17-13-8-10(15)5-6-11(12)13/h5-6,8-9,17H,2-4,7,15H2,1H3,(H,16,18). The van der Waals surface area contributed by atoms with Crippen LogP contribution in [0.3, 0.4) is 0 Å². The first-order valence-electron chi connectivity index (χ1n) is 6.37. The van der Waals surface area contributed by atoms with Crippen molar-refractivity contribution >= 4 is 22.5 Å². The maximum atomic E-state index is 12.0. The number of aromatic nitrogens is 1. The first-order chi connectivity index (χ1) is 8.72. The number of benzene rings is 1. The van der Waals surface area contributed by atoms with Gasteiger partial charge in [-0.05, 0) is 24.6 Å². The minimum atomic E-state index is -0.0258. The van der Waals surface area contributed by atoms with Crippen molar-refractivity contribution in [1.82, 2.24) is 10.3 Å². The molecular weight excluding hydrogens is 226 g/mol. The zero-order valence-corrected chi connectivity index (χ0v) is 10.6. The van der Waals surface area contributed by atoms with E-state index in [0.29, 0.717) is 11.3 Å². The molecule has 1 amide bonds. The van der Waals surface area contributed by atoms with Crippen LogP contribution in [0.2, 0.25) is 0 Å². The number of hydrogen-bond acceptors (Lipinski definition) is 2. The highest BCUT2D eigenvalue weighted by Gasteiger charge is 2.11. The summed E-state index contributed by atoms with van der Waals surface area (Å²) in [6.45, 7) is 2.88. The van der Waals surface area contributed by atoms with Crippen LogP contribution in [0.5, 0.6) is 0 Å². The van der Waals surface area contributed by atoms with Gasteiger partial charge in [-0.1, -0.05) is 19.8 Å². The van der Waals surface area contributed by atoms with Crippen LogP contribution in [0.4, 0.5) is 5.69 Å². The fourth-order valence-electron chi connectivity index (χ4n) is 2.00. The molecule has 4 heteroatoms. The molecule has 0 unspecified atom stereocenters. The van der Waals surface area contributed by atoms with E-state index in [-0.39, 0.29) is 5.91 Å². The largest absolute Gasteiger partial charge is 0.399 e. The fraction of sp³-hybridized carbons (Fsp3) is 0.357. The number of H-pyrrole nitrogens is 1. The number of nitrogens with two attached hydrogens (primary N) is 1. The van der Waals surface area contributed by atoms with Gasteiger partial charge >= 0.3 is 0 Å². The first-order valence-corrected chi connectivity index (χ1v) is 6.37. The third-order valence-electron chi connectivity index (χ3n) is 3.02. The van der Waals surface area contributed by atoms with Crippen molar-refractivity contribution in [2.24, 2.45) is 0 Å². The summed E-state index contributed by atoms with van der Waals surface area (Å²) in [4.78, 5) is 15.1. The minimum Gasteiger partial charge on any atom is -0.399 e. The molecule has 2 rings (SSSR count). The van der Waals surface area contributed by atoms with E-state index in [1.807, 2.05) is 18.2 Å². The quantitative estimate of drug-likeness (QED) is 0.560. The number of carbonyl (C=O) groups is 1. The Hall–Kier alpha value is -1.97. The molecule has 18 heavy (non-hydrogen) atoms. The summed E-state index contributed by atoms with van der Waals surface area (Å²) in [5.74, 6) is -0.0258. The van der Waals surface area contributed by atoms with Crippen molar-refractivity contribution < 1.29 is 4.79 Å². The highest BCUT2D eigenvalue weighted by molar-refractivity contribution is 6.07. The van der Waals surface area contributed by atoms with E-state index in [9.17, 15) is 4.79 Å². The molecule has 2 aromatic rings. The van der Waals surface area contributed by atoms with Crippen molar-refractivity contribution in [3.05, 3.63) is 30.0 Å². The Morgan fingerprint density at radius 3 is 3.00 bits per heavy atom. The third-order valence-corrected chi connectivity index (χ3v) is 3.02. The van der Waals surface area contributed by atoms with Gasteiger partial charge in [0.25, 0.3) is 5.91 Å². The maximum absolute atomic E-state index is 12.0. The molecule has 1 aromatic heterocycles. The van der Waals surface area contributed by atoms with Gasteiger partial charge in [0, 0.05) is 29.3 Å². The van der Waals surface area contributed by atoms with E-state index < -0.39 is 0 Å². The first kappa shape index (κ1) is 12.5. The number of fused-ring (bicyclic) bond motifs is 1. The van der Waals surface area contributed by atoms with Crippen LogP contribution in [0.1, 0.15) is 36.5 Å². The second-order valence-electron chi connectivity index (χ2n) is 4.47. The van der Waals surface area contributed by atoms with Crippen LogP contribution in [0.15, 0.2) is 24.4 Å². The Balaban J connectivity index is 2.08. The van der Waals surface area contributed by atoms with E-state index in [0.717, 1.165) is 36.7 Å². The Morgan fingerprint density at radius 1 is 1.39 bits per heavy atom. The summed E-state index contributed by atoms with van der Waals surface area (Å²) in [5.41, 5.74) is 7.97. The third kappa shape index (κ3) is 2.64. The van der Waals surface area contributed by atoms with E-state index >= 15 is 0 Å². The van der Waals surface area contributed by atoms with Gasteiger partial charge in [-0.15, -0.1) is 0 Å². The number of unbranched alkanes of at least 4 members (excludes halogenated alkanes) is 2. The molecule has 4 nitrogen and oxygen atoms in total. The van der Waals surface area contributed by atoms with Gasteiger partial charge in [0.1, 0.15) is 0 Å². The van der Waals surface area contributed by atoms with Gasteiger partial charge in [-0.3, -0.25) is 4.79 Å². The smallest absolute Gasteiger partial charge is 0.253 e. The molecule has 0 bridgehead atoms. The van der Waals surface area contributed by atoms with Gasteiger partial charge < -0.3 is 16.0 Å². The molecule has 1 aromatic carbocycles. The Labute approximate surface area is 107 Å². The van der Waals surface area contributed by atoms with Crippen LogP contribution in [-0.2, 0) is 0 Å². The molecule has 0 radical (unpaired) electrons. The second-order valence-corrected chi connectivity index (χ2v) is 4.47. The number of carbonyl (C=O) groups excluding carboxylic acids is 1. The maximum Gasteiger partial charge on any atom is 0.253 e. The highest BCUT2D eigenvalue weighted by atomic mass is 16.1. The molecule has 0 saturated heterocycles. The number of rotatable bonds is 5. The summed E-state index contributed by atoms with van der Waals surface area (Å²) < 4.78 is 0. The fourth-order valence-corrected chi connectivity index (χ4v) is 2.00. The summed E-state index contributed by atoms with van der Waals surface area (Å²) in [7, 11) is 0. The van der Waals surface area contributed by atoms with E-state index in [4.69, 9.17) is 5.73 Å². The van der Waals surface area contributed by atoms with Crippen LogP contribution in [0, 0.1) is 0 Å². The summed E-state index contributed by atoms with van der Waals surface area (Å²) in [6, 6.07) is 5.52. The second kappa shape index (κ2) is 5.58. The molecule has 0 saturated carbocycles.